The molecule has 0 aliphatic rings. The van der Waals surface area contributed by atoms with E-state index in [2.05, 4.69) is 210 Å². The lowest BCUT2D eigenvalue weighted by Crippen LogP contribution is -2.12. The van der Waals surface area contributed by atoms with E-state index in [0.29, 0.717) is 0 Å². The van der Waals surface area contributed by atoms with Gasteiger partial charge in [-0.2, -0.15) is 0 Å². The fraction of sp³-hybridized carbons (Fsp3) is 0. The van der Waals surface area contributed by atoms with Crippen molar-refractivity contribution in [3.8, 4) is 44.5 Å². The van der Waals surface area contributed by atoms with E-state index < -0.39 is 0 Å². The molecule has 1 aromatic heterocycles. The van der Waals surface area contributed by atoms with E-state index in [9.17, 15) is 0 Å². The van der Waals surface area contributed by atoms with Crippen LogP contribution in [0.4, 0.5) is 17.1 Å². The van der Waals surface area contributed by atoms with Crippen molar-refractivity contribution in [3.63, 3.8) is 0 Å². The van der Waals surface area contributed by atoms with Gasteiger partial charge in [-0.05, 0) is 58.1 Å². The molecule has 0 aliphatic carbocycles. The summed E-state index contributed by atoms with van der Waals surface area (Å²) in [6, 6.07) is 71.7. The van der Waals surface area contributed by atoms with Gasteiger partial charge in [0, 0.05) is 38.7 Å². The Morgan fingerprint density at radius 3 is 1.36 bits per heavy atom. The number of fused-ring (bicyclic) bond motifs is 3. The van der Waals surface area contributed by atoms with Crippen molar-refractivity contribution in [1.82, 2.24) is 4.98 Å². The summed E-state index contributed by atoms with van der Waals surface area (Å²) in [6.45, 7) is 0. The summed E-state index contributed by atoms with van der Waals surface area (Å²) in [6.07, 6.45) is 0. The van der Waals surface area contributed by atoms with Gasteiger partial charge in [0.25, 0.3) is 0 Å². The molecular weight excluding hydrogens is 605 g/mol. The quantitative estimate of drug-likeness (QED) is 0.184. The van der Waals surface area contributed by atoms with Gasteiger partial charge in [0.2, 0.25) is 0 Å². The minimum Gasteiger partial charge on any atom is -0.354 e. The molecule has 50 heavy (non-hydrogen) atoms. The fourth-order valence-electron chi connectivity index (χ4n) is 7.23. The second kappa shape index (κ2) is 12.8. The number of rotatable bonds is 7. The van der Waals surface area contributed by atoms with Crippen molar-refractivity contribution in [2.24, 2.45) is 0 Å². The first kappa shape index (κ1) is 29.5. The van der Waals surface area contributed by atoms with E-state index >= 15 is 0 Å². The van der Waals surface area contributed by atoms with Crippen LogP contribution in [-0.2, 0) is 0 Å². The zero-order chi connectivity index (χ0) is 33.3. The van der Waals surface area contributed by atoms with Crippen molar-refractivity contribution in [3.05, 3.63) is 200 Å². The lowest BCUT2D eigenvalue weighted by molar-refractivity contribution is 1.28. The van der Waals surface area contributed by atoms with Crippen LogP contribution in [0.3, 0.4) is 0 Å². The van der Waals surface area contributed by atoms with Crippen LogP contribution < -0.4 is 4.90 Å². The molecule has 236 valence electrons. The van der Waals surface area contributed by atoms with Gasteiger partial charge >= 0.3 is 0 Å². The van der Waals surface area contributed by atoms with Crippen molar-refractivity contribution in [2.45, 2.75) is 0 Å². The van der Waals surface area contributed by atoms with Crippen LogP contribution in [0.1, 0.15) is 0 Å². The third-order valence-electron chi connectivity index (χ3n) is 9.66. The maximum atomic E-state index is 3.66. The predicted molar refractivity (Wildman–Crippen MR) is 212 cm³/mol. The molecule has 0 bridgehead atoms. The van der Waals surface area contributed by atoms with Gasteiger partial charge in [-0.25, -0.2) is 0 Å². The minimum absolute atomic E-state index is 1.10. The van der Waals surface area contributed by atoms with Gasteiger partial charge in [0.15, 0.2) is 0 Å². The molecule has 0 spiro atoms. The summed E-state index contributed by atoms with van der Waals surface area (Å²) in [5.41, 5.74) is 15.2. The summed E-state index contributed by atoms with van der Waals surface area (Å²) >= 11 is 0. The number of nitrogens with one attached hydrogen (secondary N) is 1. The summed E-state index contributed by atoms with van der Waals surface area (Å²) in [4.78, 5) is 6.06. The number of hydrogen-bond acceptors (Lipinski definition) is 1. The molecular formula is C48H34N2. The Morgan fingerprint density at radius 1 is 0.300 bits per heavy atom. The largest absolute Gasteiger partial charge is 0.354 e. The van der Waals surface area contributed by atoms with E-state index in [0.717, 1.165) is 17.1 Å². The van der Waals surface area contributed by atoms with Gasteiger partial charge in [-0.1, -0.05) is 170 Å². The molecule has 2 nitrogen and oxygen atoms in total. The van der Waals surface area contributed by atoms with Crippen molar-refractivity contribution >= 4 is 38.9 Å². The minimum atomic E-state index is 1.10. The van der Waals surface area contributed by atoms with Gasteiger partial charge in [-0.15, -0.1) is 0 Å². The molecule has 1 N–H and O–H groups in total. The lowest BCUT2D eigenvalue weighted by Gasteiger charge is -2.30. The second-order valence-electron chi connectivity index (χ2n) is 12.6. The lowest BCUT2D eigenvalue weighted by atomic mass is 9.97. The maximum Gasteiger partial charge on any atom is 0.0544 e. The smallest absolute Gasteiger partial charge is 0.0544 e. The molecule has 9 rings (SSSR count). The highest BCUT2D eigenvalue weighted by Crippen LogP contribution is 2.45. The van der Waals surface area contributed by atoms with Crippen LogP contribution in [0.5, 0.6) is 0 Å². The highest BCUT2D eigenvalue weighted by molar-refractivity contribution is 6.11. The molecule has 1 heterocycles. The normalized spacial score (nSPS) is 11.2. The number of hydrogen-bond donors (Lipinski definition) is 1. The summed E-state index contributed by atoms with van der Waals surface area (Å²) < 4.78 is 0. The Balaban J connectivity index is 1.12. The number of aromatic amines is 1. The monoisotopic (exact) mass is 638 g/mol. The number of nitrogens with zero attached hydrogens (tertiary/aromatic N) is 1. The van der Waals surface area contributed by atoms with Crippen molar-refractivity contribution < 1.29 is 0 Å². The van der Waals surface area contributed by atoms with E-state index in [1.165, 1.54) is 66.3 Å². The molecule has 0 fully saturated rings. The molecule has 0 unspecified atom stereocenters. The molecule has 0 radical (unpaired) electrons. The third-order valence-corrected chi connectivity index (χ3v) is 9.66. The number of H-pyrrole nitrogens is 1. The average Bonchev–Trinajstić information content (AvgIpc) is 3.59. The molecule has 0 amide bonds. The van der Waals surface area contributed by atoms with Crippen LogP contribution in [0, 0.1) is 0 Å². The van der Waals surface area contributed by atoms with Crippen LogP contribution in [-0.4, -0.2) is 4.98 Å². The van der Waals surface area contributed by atoms with Crippen molar-refractivity contribution in [2.75, 3.05) is 4.90 Å². The van der Waals surface area contributed by atoms with E-state index in [-0.39, 0.29) is 0 Å². The topological polar surface area (TPSA) is 19.0 Å². The molecule has 8 aromatic carbocycles. The van der Waals surface area contributed by atoms with Gasteiger partial charge in [0.05, 0.1) is 16.9 Å². The molecule has 0 saturated heterocycles. The first-order valence-electron chi connectivity index (χ1n) is 17.1. The first-order chi connectivity index (χ1) is 24.8. The number of aromatic nitrogens is 1. The van der Waals surface area contributed by atoms with E-state index in [4.69, 9.17) is 0 Å². The number of benzene rings is 8. The summed E-state index contributed by atoms with van der Waals surface area (Å²) in [5, 5.41) is 2.51. The Bertz CT molecular complexity index is 2480. The standard InChI is InChI=1S/C48H34N2/c1-3-14-36(15-4-1)40-18-8-11-24-46(40)50(47-25-12-9-19-41(47)37-16-5-2-6-17-37)39-32-30-35(31-33-39)34-26-28-38(29-27-34)42-21-13-22-44-43-20-7-10-23-45(43)49-48(42)44/h1-33,49H. The van der Waals surface area contributed by atoms with E-state index in [1.807, 2.05) is 0 Å². The van der Waals surface area contributed by atoms with Crippen LogP contribution >= 0.6 is 0 Å². The highest BCUT2D eigenvalue weighted by atomic mass is 15.1. The number of para-hydroxylation sites is 4. The molecule has 0 atom stereocenters. The second-order valence-corrected chi connectivity index (χ2v) is 12.6. The first-order valence-corrected chi connectivity index (χ1v) is 17.1. The van der Waals surface area contributed by atoms with Crippen LogP contribution in [0.15, 0.2) is 200 Å². The summed E-state index contributed by atoms with van der Waals surface area (Å²) in [7, 11) is 0. The zero-order valence-electron chi connectivity index (χ0n) is 27.5. The van der Waals surface area contributed by atoms with Gasteiger partial charge in [0.1, 0.15) is 0 Å². The maximum absolute atomic E-state index is 3.66. The van der Waals surface area contributed by atoms with Gasteiger partial charge < -0.3 is 9.88 Å². The predicted octanol–water partition coefficient (Wildman–Crippen LogP) is 13.5. The molecule has 0 saturated carbocycles. The van der Waals surface area contributed by atoms with Crippen LogP contribution in [0.25, 0.3) is 66.3 Å². The molecule has 0 aliphatic heterocycles. The number of anilines is 3. The highest BCUT2D eigenvalue weighted by Gasteiger charge is 2.20. The zero-order valence-corrected chi connectivity index (χ0v) is 27.5. The third kappa shape index (κ3) is 5.34. The molecule has 9 aromatic rings. The Kier molecular flexibility index (Phi) is 7.53. The molecule has 2 heteroatoms. The van der Waals surface area contributed by atoms with E-state index in [1.54, 1.807) is 0 Å². The Morgan fingerprint density at radius 2 is 0.740 bits per heavy atom. The Labute approximate surface area is 292 Å². The van der Waals surface area contributed by atoms with Crippen LogP contribution in [0.2, 0.25) is 0 Å². The SMILES string of the molecule is c1ccc(-c2ccccc2N(c2ccc(-c3ccc(-c4cccc5c4[nH]c4ccccc45)cc3)cc2)c2ccccc2-c2ccccc2)cc1. The average molecular weight is 639 g/mol. The summed E-state index contributed by atoms with van der Waals surface area (Å²) in [5.74, 6) is 0. The Hall–Kier alpha value is -6.64. The van der Waals surface area contributed by atoms with Gasteiger partial charge in [-0.3, -0.25) is 0 Å². The van der Waals surface area contributed by atoms with Crippen molar-refractivity contribution in [1.29, 1.82) is 0 Å². The fourth-order valence-corrected chi connectivity index (χ4v) is 7.23.